The Morgan fingerprint density at radius 2 is 1.12 bits per heavy atom. The predicted molar refractivity (Wildman–Crippen MR) is 78.5 cm³/mol. The van der Waals surface area contributed by atoms with E-state index >= 15 is 0 Å². The highest BCUT2D eigenvalue weighted by Crippen LogP contribution is 2.18. The molecule has 0 radical (unpaired) electrons. The molecule has 0 aromatic carbocycles. The van der Waals surface area contributed by atoms with Gasteiger partial charge in [-0.2, -0.15) is 9.97 Å². The number of hydrogen-bond donors (Lipinski definition) is 0. The van der Waals surface area contributed by atoms with Gasteiger partial charge in [0.25, 0.3) is 0 Å². The van der Waals surface area contributed by atoms with E-state index in [1.54, 1.807) is 49.1 Å². The maximum absolute atomic E-state index is 12.3. The Bertz CT molecular complexity index is 901. The van der Waals surface area contributed by atoms with E-state index in [2.05, 4.69) is 30.2 Å². The van der Waals surface area contributed by atoms with Crippen LogP contribution in [0.3, 0.4) is 0 Å². The largest absolute Gasteiger partial charge is 0.330 e. The molecular formula is C15H8N6O3. The van der Waals surface area contributed by atoms with Crippen molar-refractivity contribution >= 4 is 5.78 Å². The van der Waals surface area contributed by atoms with Gasteiger partial charge in [-0.1, -0.05) is 10.3 Å². The molecule has 9 nitrogen and oxygen atoms in total. The van der Waals surface area contributed by atoms with Crippen molar-refractivity contribution in [2.75, 3.05) is 0 Å². The van der Waals surface area contributed by atoms with Crippen molar-refractivity contribution in [2.45, 2.75) is 0 Å². The summed E-state index contributed by atoms with van der Waals surface area (Å²) in [5, 5.41) is 7.53. The van der Waals surface area contributed by atoms with Gasteiger partial charge >= 0.3 is 17.6 Å². The first-order chi connectivity index (χ1) is 11.8. The number of pyridine rings is 2. The van der Waals surface area contributed by atoms with Gasteiger partial charge in [-0.05, 0) is 24.3 Å². The average Bonchev–Trinajstić information content (AvgIpc) is 3.33. The van der Waals surface area contributed by atoms with E-state index in [-0.39, 0.29) is 23.4 Å². The zero-order valence-corrected chi connectivity index (χ0v) is 12.0. The van der Waals surface area contributed by atoms with Crippen LogP contribution < -0.4 is 0 Å². The Morgan fingerprint density at radius 3 is 1.54 bits per heavy atom. The van der Waals surface area contributed by atoms with Gasteiger partial charge < -0.3 is 9.05 Å². The van der Waals surface area contributed by atoms with Crippen molar-refractivity contribution in [1.82, 2.24) is 30.2 Å². The summed E-state index contributed by atoms with van der Waals surface area (Å²) in [5.74, 6) is -0.557. The van der Waals surface area contributed by atoms with Gasteiger partial charge in [-0.3, -0.25) is 14.8 Å². The molecule has 4 heterocycles. The zero-order chi connectivity index (χ0) is 16.4. The summed E-state index contributed by atoms with van der Waals surface area (Å²) in [6.45, 7) is 0. The standard InChI is InChI=1S/C15H8N6O3/c22-11(14-18-12(20-23-14)9-1-5-16-6-2-9)15-19-13(21-24-15)10-3-7-17-8-4-10/h1-8H. The maximum atomic E-state index is 12.3. The van der Waals surface area contributed by atoms with Crippen molar-refractivity contribution in [2.24, 2.45) is 0 Å². The quantitative estimate of drug-likeness (QED) is 0.518. The molecule has 9 heteroatoms. The summed E-state index contributed by atoms with van der Waals surface area (Å²) in [6.07, 6.45) is 6.36. The lowest BCUT2D eigenvalue weighted by Crippen LogP contribution is -2.02. The molecule has 0 spiro atoms. The molecule has 0 saturated heterocycles. The SMILES string of the molecule is O=C(c1nc(-c2ccncc2)no1)c1nc(-c2ccncc2)no1. The number of aromatic nitrogens is 6. The number of nitrogens with zero attached hydrogens (tertiary/aromatic N) is 6. The second kappa shape index (κ2) is 5.80. The van der Waals surface area contributed by atoms with Gasteiger partial charge in [0.15, 0.2) is 0 Å². The van der Waals surface area contributed by atoms with Crippen LogP contribution in [0.25, 0.3) is 22.8 Å². The maximum Gasteiger partial charge on any atom is 0.308 e. The Hall–Kier alpha value is -3.75. The van der Waals surface area contributed by atoms with Crippen LogP contribution in [0.15, 0.2) is 58.1 Å². The van der Waals surface area contributed by atoms with Crippen LogP contribution in [0.5, 0.6) is 0 Å². The Labute approximate surface area is 134 Å². The molecule has 4 aromatic rings. The molecule has 0 aliphatic rings. The summed E-state index contributed by atoms with van der Waals surface area (Å²) in [6, 6.07) is 6.81. The van der Waals surface area contributed by atoms with Crippen molar-refractivity contribution in [1.29, 1.82) is 0 Å². The van der Waals surface area contributed by atoms with E-state index < -0.39 is 5.78 Å². The van der Waals surface area contributed by atoms with Crippen molar-refractivity contribution in [3.05, 3.63) is 60.8 Å². The van der Waals surface area contributed by atoms with E-state index in [1.165, 1.54) is 0 Å². The average molecular weight is 320 g/mol. The molecule has 0 fully saturated rings. The van der Waals surface area contributed by atoms with Crippen LogP contribution >= 0.6 is 0 Å². The zero-order valence-electron chi connectivity index (χ0n) is 12.0. The molecule has 0 aliphatic heterocycles. The number of hydrogen-bond acceptors (Lipinski definition) is 9. The first-order valence-electron chi connectivity index (χ1n) is 6.84. The third-order valence-electron chi connectivity index (χ3n) is 3.12. The topological polar surface area (TPSA) is 121 Å². The van der Waals surface area contributed by atoms with Crippen LogP contribution in [-0.4, -0.2) is 36.0 Å². The van der Waals surface area contributed by atoms with Crippen molar-refractivity contribution in [3.63, 3.8) is 0 Å². The second-order valence-electron chi connectivity index (χ2n) is 4.65. The number of carbonyl (C=O) groups is 1. The molecule has 0 saturated carbocycles. The van der Waals surface area contributed by atoms with Crippen LogP contribution in [0.2, 0.25) is 0 Å². The molecule has 0 unspecified atom stereocenters. The van der Waals surface area contributed by atoms with E-state index in [4.69, 9.17) is 9.05 Å². The summed E-state index contributed by atoms with van der Waals surface area (Å²) in [7, 11) is 0. The highest BCUT2D eigenvalue weighted by atomic mass is 16.5. The monoisotopic (exact) mass is 320 g/mol. The van der Waals surface area contributed by atoms with Crippen LogP contribution in [-0.2, 0) is 0 Å². The normalized spacial score (nSPS) is 10.7. The molecule has 0 N–H and O–H groups in total. The smallest absolute Gasteiger partial charge is 0.308 e. The molecule has 0 amide bonds. The lowest BCUT2D eigenvalue weighted by Gasteiger charge is -1.90. The third-order valence-corrected chi connectivity index (χ3v) is 3.12. The third kappa shape index (κ3) is 2.54. The van der Waals surface area contributed by atoms with E-state index in [1.807, 2.05) is 0 Å². The highest BCUT2D eigenvalue weighted by Gasteiger charge is 2.24. The lowest BCUT2D eigenvalue weighted by atomic mass is 10.2. The summed E-state index contributed by atoms with van der Waals surface area (Å²) in [5.41, 5.74) is 1.35. The van der Waals surface area contributed by atoms with Crippen molar-refractivity contribution < 1.29 is 13.8 Å². The fourth-order valence-electron chi connectivity index (χ4n) is 1.96. The van der Waals surface area contributed by atoms with E-state index in [9.17, 15) is 4.79 Å². The predicted octanol–water partition coefficient (Wildman–Crippen LogP) is 1.81. The molecule has 116 valence electrons. The molecule has 0 atom stereocenters. The van der Waals surface area contributed by atoms with E-state index in [0.717, 1.165) is 0 Å². The minimum Gasteiger partial charge on any atom is -0.330 e. The number of ketones is 1. The molecule has 0 aliphatic carbocycles. The first-order valence-corrected chi connectivity index (χ1v) is 6.84. The van der Waals surface area contributed by atoms with Crippen molar-refractivity contribution in [3.8, 4) is 22.8 Å². The van der Waals surface area contributed by atoms with Gasteiger partial charge in [0, 0.05) is 35.9 Å². The van der Waals surface area contributed by atoms with Gasteiger partial charge in [-0.15, -0.1) is 0 Å². The van der Waals surface area contributed by atoms with Gasteiger partial charge in [0.2, 0.25) is 11.6 Å². The first kappa shape index (κ1) is 13.9. The summed E-state index contributed by atoms with van der Waals surface area (Å²) < 4.78 is 9.96. The Balaban J connectivity index is 1.61. The van der Waals surface area contributed by atoms with Crippen LogP contribution in [0, 0.1) is 0 Å². The fourth-order valence-corrected chi connectivity index (χ4v) is 1.96. The van der Waals surface area contributed by atoms with Crippen LogP contribution in [0.4, 0.5) is 0 Å². The summed E-state index contributed by atoms with van der Waals surface area (Å²) >= 11 is 0. The fraction of sp³-hybridized carbons (Fsp3) is 0. The van der Waals surface area contributed by atoms with Crippen LogP contribution in [0.1, 0.15) is 16.6 Å². The number of rotatable bonds is 4. The molecule has 0 bridgehead atoms. The minimum absolute atomic E-state index is 0.230. The Morgan fingerprint density at radius 1 is 0.708 bits per heavy atom. The summed E-state index contributed by atoms with van der Waals surface area (Å²) in [4.78, 5) is 28.2. The molecule has 4 rings (SSSR count). The second-order valence-corrected chi connectivity index (χ2v) is 4.65. The number of carbonyl (C=O) groups excluding carboxylic acids is 1. The molecular weight excluding hydrogens is 312 g/mol. The Kier molecular flexibility index (Phi) is 3.35. The van der Waals surface area contributed by atoms with Gasteiger partial charge in [-0.25, -0.2) is 0 Å². The van der Waals surface area contributed by atoms with Gasteiger partial charge in [0.05, 0.1) is 0 Å². The molecule has 4 aromatic heterocycles. The highest BCUT2D eigenvalue weighted by molar-refractivity contribution is 6.02. The van der Waals surface area contributed by atoms with E-state index in [0.29, 0.717) is 11.1 Å². The minimum atomic E-state index is -0.643. The molecule has 24 heavy (non-hydrogen) atoms. The lowest BCUT2D eigenvalue weighted by molar-refractivity contribution is 0.0952. The van der Waals surface area contributed by atoms with Gasteiger partial charge in [0.1, 0.15) is 0 Å².